The Hall–Kier alpha value is -1.46. The fraction of sp³-hybridized carbons (Fsp3) is 0.200. The van der Waals surface area contributed by atoms with Crippen molar-refractivity contribution in [2.24, 2.45) is 0 Å². The predicted molar refractivity (Wildman–Crippen MR) is 62.9 cm³/mol. The summed E-state index contributed by atoms with van der Waals surface area (Å²) >= 11 is 11.6. The first kappa shape index (κ1) is 12.0. The molecule has 1 aromatic carbocycles. The van der Waals surface area contributed by atoms with Gasteiger partial charge in [-0.2, -0.15) is 0 Å². The number of hydrogen-bond acceptors (Lipinski definition) is 4. The molecule has 90 valence electrons. The van der Waals surface area contributed by atoms with Crippen LogP contribution >= 0.6 is 23.2 Å². The molecule has 17 heavy (non-hydrogen) atoms. The van der Waals surface area contributed by atoms with Crippen LogP contribution in [0.4, 0.5) is 4.79 Å². The summed E-state index contributed by atoms with van der Waals surface area (Å²) in [6.07, 6.45) is -0.888. The Labute approximate surface area is 105 Å². The fourth-order valence-corrected chi connectivity index (χ4v) is 1.88. The molecule has 0 radical (unpaired) electrons. The molecule has 5 nitrogen and oxygen atoms in total. The molecule has 0 saturated heterocycles. The molecule has 0 bridgehead atoms. The van der Waals surface area contributed by atoms with Crippen LogP contribution in [0.2, 0.25) is 10.0 Å². The third-order valence-electron chi connectivity index (χ3n) is 2.04. The van der Waals surface area contributed by atoms with E-state index in [1.165, 1.54) is 12.1 Å². The highest BCUT2D eigenvalue weighted by molar-refractivity contribution is 6.38. The molecule has 0 unspecified atom stereocenters. The minimum absolute atomic E-state index is 0.106. The van der Waals surface area contributed by atoms with Gasteiger partial charge in [0, 0.05) is 5.02 Å². The molecule has 0 aliphatic rings. The summed E-state index contributed by atoms with van der Waals surface area (Å²) in [6, 6.07) is 2.80. The Bertz CT molecular complexity index is 644. The zero-order valence-electron chi connectivity index (χ0n) is 8.70. The molecule has 7 heteroatoms. The van der Waals surface area contributed by atoms with E-state index in [0.717, 1.165) is 0 Å². The second-order valence-electron chi connectivity index (χ2n) is 3.15. The van der Waals surface area contributed by atoms with E-state index in [1.807, 2.05) is 0 Å². The molecule has 0 spiro atoms. The van der Waals surface area contributed by atoms with E-state index >= 15 is 0 Å². The van der Waals surface area contributed by atoms with Gasteiger partial charge in [-0.1, -0.05) is 27.9 Å². The van der Waals surface area contributed by atoms with E-state index in [-0.39, 0.29) is 27.6 Å². The Morgan fingerprint density at radius 3 is 2.82 bits per heavy atom. The lowest BCUT2D eigenvalue weighted by Crippen LogP contribution is -2.23. The van der Waals surface area contributed by atoms with Gasteiger partial charge in [-0.3, -0.25) is 4.79 Å². The Balaban J connectivity index is 2.69. The summed E-state index contributed by atoms with van der Waals surface area (Å²) in [7, 11) is 0. The van der Waals surface area contributed by atoms with Gasteiger partial charge in [0.15, 0.2) is 5.58 Å². The van der Waals surface area contributed by atoms with Gasteiger partial charge in [0.05, 0.1) is 17.0 Å². The normalized spacial score (nSPS) is 10.8. The fourth-order valence-electron chi connectivity index (χ4n) is 1.36. The molecule has 0 atom stereocenters. The van der Waals surface area contributed by atoms with Crippen molar-refractivity contribution in [2.45, 2.75) is 6.92 Å². The van der Waals surface area contributed by atoms with Crippen LogP contribution in [0.3, 0.4) is 0 Å². The summed E-state index contributed by atoms with van der Waals surface area (Å²) in [6.45, 7) is 1.76. The highest BCUT2D eigenvalue weighted by atomic mass is 35.5. The monoisotopic (exact) mass is 275 g/mol. The lowest BCUT2D eigenvalue weighted by atomic mass is 10.3. The van der Waals surface area contributed by atoms with E-state index in [4.69, 9.17) is 27.7 Å². The summed E-state index contributed by atoms with van der Waals surface area (Å²) in [4.78, 5) is 23.2. The summed E-state index contributed by atoms with van der Waals surface area (Å²) in [5, 5.41) is 0.583. The van der Waals surface area contributed by atoms with Crippen LogP contribution in [0.25, 0.3) is 11.0 Å². The average molecular weight is 276 g/mol. The average Bonchev–Trinajstić information content (AvgIpc) is 2.57. The van der Waals surface area contributed by atoms with Gasteiger partial charge in [-0.05, 0) is 19.1 Å². The summed E-state index contributed by atoms with van der Waals surface area (Å²) in [5.41, 5.74) is -0.544. The van der Waals surface area contributed by atoms with Crippen molar-refractivity contribution in [3.63, 3.8) is 0 Å². The minimum atomic E-state index is -0.888. The van der Waals surface area contributed by atoms with Gasteiger partial charge >= 0.3 is 11.7 Å². The second kappa shape index (κ2) is 4.43. The number of nitrogens with zero attached hydrogens (tertiary/aromatic N) is 1. The first-order valence-electron chi connectivity index (χ1n) is 4.72. The van der Waals surface area contributed by atoms with Gasteiger partial charge in [0.2, 0.25) is 0 Å². The quantitative estimate of drug-likeness (QED) is 0.803. The Morgan fingerprint density at radius 1 is 1.47 bits per heavy atom. The summed E-state index contributed by atoms with van der Waals surface area (Å²) < 4.78 is 10.2. The van der Waals surface area contributed by atoms with Crippen molar-refractivity contribution >= 4 is 40.3 Å². The molecule has 1 aromatic heterocycles. The largest absolute Gasteiger partial charge is 0.451 e. The van der Waals surface area contributed by atoms with Gasteiger partial charge in [-0.15, -0.1) is 0 Å². The number of ether oxygens (including phenoxy) is 1. The maximum atomic E-state index is 11.8. The SMILES string of the molecule is CCOC(=O)n1oc2c(Cl)cc(Cl)cc2c1=O. The highest BCUT2D eigenvalue weighted by Crippen LogP contribution is 2.26. The van der Waals surface area contributed by atoms with Crippen LogP contribution in [-0.4, -0.2) is 17.4 Å². The number of halogens is 2. The molecule has 0 aliphatic heterocycles. The maximum Gasteiger partial charge on any atom is 0.451 e. The molecule has 0 fully saturated rings. The molecule has 0 saturated carbocycles. The molecular weight excluding hydrogens is 269 g/mol. The van der Waals surface area contributed by atoms with E-state index in [1.54, 1.807) is 6.92 Å². The van der Waals surface area contributed by atoms with Crippen molar-refractivity contribution in [3.8, 4) is 0 Å². The molecule has 0 N–H and O–H groups in total. The number of carbonyl (C=O) groups excluding carboxylic acids is 1. The van der Waals surface area contributed by atoms with Crippen molar-refractivity contribution in [3.05, 3.63) is 32.5 Å². The Kier molecular flexibility index (Phi) is 3.13. The van der Waals surface area contributed by atoms with E-state index in [9.17, 15) is 9.59 Å². The lowest BCUT2D eigenvalue weighted by molar-refractivity contribution is 0.127. The number of carbonyl (C=O) groups is 1. The van der Waals surface area contributed by atoms with Crippen LogP contribution in [0.5, 0.6) is 0 Å². The molecule has 0 aliphatic carbocycles. The van der Waals surface area contributed by atoms with Crippen molar-refractivity contribution in [1.82, 2.24) is 4.74 Å². The van der Waals surface area contributed by atoms with Crippen LogP contribution in [0.15, 0.2) is 21.5 Å². The van der Waals surface area contributed by atoms with Crippen LogP contribution in [-0.2, 0) is 4.74 Å². The van der Waals surface area contributed by atoms with Crippen LogP contribution < -0.4 is 5.56 Å². The number of fused-ring (bicyclic) bond motifs is 1. The molecule has 2 aromatic rings. The zero-order chi connectivity index (χ0) is 12.6. The third kappa shape index (κ3) is 2.03. The molecular formula is C10H7Cl2NO4. The molecule has 2 rings (SSSR count). The zero-order valence-corrected chi connectivity index (χ0v) is 10.2. The number of benzene rings is 1. The van der Waals surface area contributed by atoms with Gasteiger partial charge < -0.3 is 9.26 Å². The highest BCUT2D eigenvalue weighted by Gasteiger charge is 2.18. The van der Waals surface area contributed by atoms with Crippen molar-refractivity contribution in [2.75, 3.05) is 6.61 Å². The maximum absolute atomic E-state index is 11.8. The first-order valence-corrected chi connectivity index (χ1v) is 5.48. The standard InChI is InChI=1S/C10H7Cl2NO4/c1-2-16-10(15)13-9(14)6-3-5(11)4-7(12)8(6)17-13/h3-4H,2H2,1H3. The smallest absolute Gasteiger partial charge is 0.447 e. The lowest BCUT2D eigenvalue weighted by Gasteiger charge is -1.97. The van der Waals surface area contributed by atoms with Gasteiger partial charge in [0.25, 0.3) is 0 Å². The minimum Gasteiger partial charge on any atom is -0.447 e. The number of rotatable bonds is 1. The van der Waals surface area contributed by atoms with Crippen molar-refractivity contribution in [1.29, 1.82) is 0 Å². The number of aromatic nitrogens is 1. The van der Waals surface area contributed by atoms with Crippen LogP contribution in [0.1, 0.15) is 6.92 Å². The number of hydrogen-bond donors (Lipinski definition) is 0. The Morgan fingerprint density at radius 2 is 2.18 bits per heavy atom. The molecule has 0 amide bonds. The van der Waals surface area contributed by atoms with Crippen LogP contribution in [0, 0.1) is 0 Å². The molecule has 1 heterocycles. The van der Waals surface area contributed by atoms with E-state index < -0.39 is 11.7 Å². The third-order valence-corrected chi connectivity index (χ3v) is 2.54. The van der Waals surface area contributed by atoms with Crippen molar-refractivity contribution < 1.29 is 14.1 Å². The topological polar surface area (TPSA) is 61.4 Å². The first-order chi connectivity index (χ1) is 8.04. The van der Waals surface area contributed by atoms with Gasteiger partial charge in [0.1, 0.15) is 0 Å². The van der Waals surface area contributed by atoms with Gasteiger partial charge in [-0.25, -0.2) is 4.79 Å². The predicted octanol–water partition coefficient (Wildman–Crippen LogP) is 2.91. The van der Waals surface area contributed by atoms with E-state index in [0.29, 0.717) is 4.74 Å². The summed E-state index contributed by atoms with van der Waals surface area (Å²) in [5.74, 6) is 0. The second-order valence-corrected chi connectivity index (χ2v) is 4.00. The van der Waals surface area contributed by atoms with E-state index in [2.05, 4.69) is 4.74 Å².